The molecule has 0 unspecified atom stereocenters. The van der Waals surface area contributed by atoms with E-state index in [1.165, 1.54) is 5.56 Å². The Morgan fingerprint density at radius 2 is 1.57 bits per heavy atom. The van der Waals surface area contributed by atoms with Crippen LogP contribution in [0, 0.1) is 13.8 Å². The van der Waals surface area contributed by atoms with Crippen molar-refractivity contribution in [1.29, 1.82) is 0 Å². The number of aryl methyl sites for hydroxylation is 2. The normalized spacial score (nSPS) is 15.2. The molecule has 2 nitrogen and oxygen atoms in total. The summed E-state index contributed by atoms with van der Waals surface area (Å²) in [5, 5.41) is 0.673. The van der Waals surface area contributed by atoms with Crippen molar-refractivity contribution in [3.8, 4) is 0 Å². The summed E-state index contributed by atoms with van der Waals surface area (Å²) in [6.45, 7) is 4.13. The fourth-order valence-corrected chi connectivity index (χ4v) is 3.42. The van der Waals surface area contributed by atoms with Gasteiger partial charge in [0.05, 0.1) is 5.70 Å². The first-order chi connectivity index (χ1) is 13.5. The van der Waals surface area contributed by atoms with E-state index in [0.717, 1.165) is 28.1 Å². The van der Waals surface area contributed by atoms with Crippen molar-refractivity contribution in [2.24, 2.45) is 0 Å². The molecule has 0 N–H and O–H groups in total. The Bertz CT molecular complexity index is 1100. The molecule has 0 aliphatic carbocycles. The first-order valence-corrected chi connectivity index (χ1v) is 9.57. The van der Waals surface area contributed by atoms with Crippen molar-refractivity contribution in [3.63, 3.8) is 0 Å². The molecule has 0 saturated heterocycles. The smallest absolute Gasteiger partial charge is 0.262 e. The number of carbonyl (C=O) groups is 1. The average molecular weight is 386 g/mol. The zero-order chi connectivity index (χ0) is 19.7. The highest BCUT2D eigenvalue weighted by Crippen LogP contribution is 2.36. The van der Waals surface area contributed by atoms with Gasteiger partial charge in [0.1, 0.15) is 0 Å². The molecule has 0 saturated carbocycles. The summed E-state index contributed by atoms with van der Waals surface area (Å²) in [6.07, 6.45) is 3.88. The monoisotopic (exact) mass is 385 g/mol. The van der Waals surface area contributed by atoms with Crippen molar-refractivity contribution in [2.45, 2.75) is 13.8 Å². The first kappa shape index (κ1) is 18.3. The Morgan fingerprint density at radius 3 is 2.25 bits per heavy atom. The van der Waals surface area contributed by atoms with E-state index >= 15 is 0 Å². The highest BCUT2D eigenvalue weighted by molar-refractivity contribution is 6.30. The summed E-state index contributed by atoms with van der Waals surface area (Å²) < 4.78 is 0. The third-order valence-corrected chi connectivity index (χ3v) is 5.25. The lowest BCUT2D eigenvalue weighted by atomic mass is 10.1. The largest absolute Gasteiger partial charge is 0.276 e. The van der Waals surface area contributed by atoms with E-state index in [4.69, 9.17) is 11.6 Å². The fraction of sp³-hybridized carbons (Fsp3) is 0.0800. The molecule has 3 aromatic rings. The number of hydrogen-bond acceptors (Lipinski definition) is 1. The average Bonchev–Trinajstić information content (AvgIpc) is 3.02. The van der Waals surface area contributed by atoms with Crippen LogP contribution in [0.1, 0.15) is 22.3 Å². The molecule has 28 heavy (non-hydrogen) atoms. The molecule has 4 rings (SSSR count). The highest BCUT2D eigenvalue weighted by Gasteiger charge is 2.30. The van der Waals surface area contributed by atoms with Crippen molar-refractivity contribution < 1.29 is 4.79 Å². The fourth-order valence-electron chi connectivity index (χ4n) is 3.30. The Labute approximate surface area is 170 Å². The number of carbonyl (C=O) groups excluding carboxylic acids is 1. The molecule has 0 radical (unpaired) electrons. The van der Waals surface area contributed by atoms with Crippen LogP contribution in [0.15, 0.2) is 84.4 Å². The van der Waals surface area contributed by atoms with Crippen molar-refractivity contribution >= 4 is 35.0 Å². The zero-order valence-electron chi connectivity index (χ0n) is 15.8. The summed E-state index contributed by atoms with van der Waals surface area (Å²) in [4.78, 5) is 15.1. The maximum atomic E-state index is 13.3. The van der Waals surface area contributed by atoms with Gasteiger partial charge in [-0.2, -0.15) is 0 Å². The number of benzene rings is 3. The molecule has 0 aromatic heterocycles. The van der Waals surface area contributed by atoms with Crippen LogP contribution in [-0.4, -0.2) is 5.91 Å². The van der Waals surface area contributed by atoms with Gasteiger partial charge in [0.2, 0.25) is 0 Å². The number of nitrogens with zero attached hydrogens (tertiary/aromatic N) is 1. The number of halogens is 1. The molecular formula is C25H20ClNO. The molecule has 1 heterocycles. The van der Waals surface area contributed by atoms with Crippen LogP contribution in [0.5, 0.6) is 0 Å². The maximum absolute atomic E-state index is 13.3. The van der Waals surface area contributed by atoms with E-state index < -0.39 is 0 Å². The van der Waals surface area contributed by atoms with Crippen molar-refractivity contribution in [1.82, 2.24) is 0 Å². The number of amides is 1. The van der Waals surface area contributed by atoms with E-state index in [2.05, 4.69) is 26.0 Å². The predicted octanol–water partition coefficient (Wildman–Crippen LogP) is 6.43. The van der Waals surface area contributed by atoms with Gasteiger partial charge in [-0.05, 0) is 72.5 Å². The molecule has 138 valence electrons. The summed E-state index contributed by atoms with van der Waals surface area (Å²) in [6, 6.07) is 23.6. The second-order valence-corrected chi connectivity index (χ2v) is 7.39. The Kier molecular flexibility index (Phi) is 4.89. The van der Waals surface area contributed by atoms with Gasteiger partial charge in [-0.15, -0.1) is 0 Å². The maximum Gasteiger partial charge on any atom is 0.262 e. The number of hydrogen-bond donors (Lipinski definition) is 0. The summed E-state index contributed by atoms with van der Waals surface area (Å²) in [5.74, 6) is -0.0305. The molecule has 1 amide bonds. The van der Waals surface area contributed by atoms with E-state index in [-0.39, 0.29) is 5.91 Å². The second kappa shape index (κ2) is 7.49. The second-order valence-electron chi connectivity index (χ2n) is 6.96. The van der Waals surface area contributed by atoms with Crippen LogP contribution >= 0.6 is 11.6 Å². The Morgan fingerprint density at radius 1 is 0.857 bits per heavy atom. The molecule has 0 bridgehead atoms. The van der Waals surface area contributed by atoms with E-state index in [1.807, 2.05) is 72.8 Å². The van der Waals surface area contributed by atoms with Gasteiger partial charge in [0, 0.05) is 16.3 Å². The predicted molar refractivity (Wildman–Crippen MR) is 117 cm³/mol. The van der Waals surface area contributed by atoms with Crippen LogP contribution < -0.4 is 4.90 Å². The van der Waals surface area contributed by atoms with Crippen molar-refractivity contribution in [2.75, 3.05) is 4.90 Å². The molecule has 3 aromatic carbocycles. The molecule has 1 aliphatic rings. The van der Waals surface area contributed by atoms with E-state index in [1.54, 1.807) is 4.90 Å². The minimum atomic E-state index is -0.0305. The minimum absolute atomic E-state index is 0.0305. The molecule has 0 fully saturated rings. The van der Waals surface area contributed by atoms with Crippen molar-refractivity contribution in [3.05, 3.63) is 112 Å². The van der Waals surface area contributed by atoms with Crippen LogP contribution in [0.2, 0.25) is 5.02 Å². The Balaban J connectivity index is 1.84. The molecule has 3 heteroatoms. The third-order valence-electron chi connectivity index (χ3n) is 4.99. The summed E-state index contributed by atoms with van der Waals surface area (Å²) in [7, 11) is 0. The van der Waals surface area contributed by atoms with Crippen LogP contribution in [0.3, 0.4) is 0 Å². The molecule has 0 atom stereocenters. The number of rotatable bonds is 3. The lowest BCUT2D eigenvalue weighted by Crippen LogP contribution is -2.25. The summed E-state index contributed by atoms with van der Waals surface area (Å²) in [5.41, 5.74) is 6.69. The van der Waals surface area contributed by atoms with Crippen LogP contribution in [0.4, 0.5) is 5.69 Å². The molecule has 1 aliphatic heterocycles. The Hall–Kier alpha value is -3.10. The van der Waals surface area contributed by atoms with E-state index in [9.17, 15) is 4.79 Å². The third kappa shape index (κ3) is 3.51. The number of anilines is 1. The zero-order valence-corrected chi connectivity index (χ0v) is 16.6. The van der Waals surface area contributed by atoms with Gasteiger partial charge in [0.15, 0.2) is 0 Å². The lowest BCUT2D eigenvalue weighted by molar-refractivity contribution is -0.113. The molecular weight excluding hydrogens is 366 g/mol. The van der Waals surface area contributed by atoms with Gasteiger partial charge < -0.3 is 0 Å². The first-order valence-electron chi connectivity index (χ1n) is 9.19. The van der Waals surface area contributed by atoms with Gasteiger partial charge in [-0.25, -0.2) is 0 Å². The van der Waals surface area contributed by atoms with Gasteiger partial charge >= 0.3 is 0 Å². The summed E-state index contributed by atoms with van der Waals surface area (Å²) >= 11 is 6.06. The quantitative estimate of drug-likeness (QED) is 0.476. The van der Waals surface area contributed by atoms with Gasteiger partial charge in [-0.1, -0.05) is 60.1 Å². The SMILES string of the molecule is Cc1ccc(N2C(=O)/C(=C/c3ccccc3)C=C2c2ccc(Cl)cc2)cc1C. The highest BCUT2D eigenvalue weighted by atomic mass is 35.5. The van der Waals surface area contributed by atoms with E-state index in [0.29, 0.717) is 10.6 Å². The van der Waals surface area contributed by atoms with Crippen LogP contribution in [-0.2, 0) is 4.79 Å². The van der Waals surface area contributed by atoms with Gasteiger partial charge in [-0.3, -0.25) is 9.69 Å². The standard InChI is InChI=1S/C25H20ClNO/c1-17-8-13-23(14-18(17)2)27-24(20-9-11-22(26)12-10-20)16-21(25(27)28)15-19-6-4-3-5-7-19/h3-16H,1-2H3/b21-15+. The molecule has 0 spiro atoms. The minimum Gasteiger partial charge on any atom is -0.276 e. The van der Waals surface area contributed by atoms with Crippen LogP contribution in [0.25, 0.3) is 11.8 Å². The topological polar surface area (TPSA) is 20.3 Å². The van der Waals surface area contributed by atoms with Gasteiger partial charge in [0.25, 0.3) is 5.91 Å². The lowest BCUT2D eigenvalue weighted by Gasteiger charge is -2.22.